The van der Waals surface area contributed by atoms with Gasteiger partial charge in [-0.1, -0.05) is 19.4 Å². The SMILES string of the molecule is CCCCn1cnc2c(cnn2-c2cc(C)cc(C)c2)c1=O. The molecule has 0 N–H and O–H groups in total. The molecule has 0 unspecified atom stereocenters. The molecule has 3 rings (SSSR count). The molecule has 0 aliphatic carbocycles. The highest BCUT2D eigenvalue weighted by atomic mass is 16.1. The van der Waals surface area contributed by atoms with Crippen LogP contribution >= 0.6 is 0 Å². The smallest absolute Gasteiger partial charge is 0.264 e. The van der Waals surface area contributed by atoms with E-state index >= 15 is 0 Å². The fraction of sp³-hybridized carbons (Fsp3) is 0.353. The van der Waals surface area contributed by atoms with E-state index in [-0.39, 0.29) is 5.56 Å². The van der Waals surface area contributed by atoms with E-state index in [0.29, 0.717) is 17.6 Å². The lowest BCUT2D eigenvalue weighted by atomic mass is 10.1. The molecule has 0 saturated heterocycles. The van der Waals surface area contributed by atoms with E-state index in [1.165, 1.54) is 0 Å². The summed E-state index contributed by atoms with van der Waals surface area (Å²) in [7, 11) is 0. The number of hydrogen-bond acceptors (Lipinski definition) is 3. The van der Waals surface area contributed by atoms with Gasteiger partial charge in [0, 0.05) is 6.54 Å². The van der Waals surface area contributed by atoms with Crippen LogP contribution in [0.1, 0.15) is 30.9 Å². The molecule has 0 spiro atoms. The van der Waals surface area contributed by atoms with E-state index in [1.54, 1.807) is 21.8 Å². The quantitative estimate of drug-likeness (QED) is 0.743. The highest BCUT2D eigenvalue weighted by molar-refractivity contribution is 5.75. The van der Waals surface area contributed by atoms with Crippen molar-refractivity contribution in [2.45, 2.75) is 40.2 Å². The van der Waals surface area contributed by atoms with Crippen molar-refractivity contribution in [3.8, 4) is 5.69 Å². The van der Waals surface area contributed by atoms with Gasteiger partial charge < -0.3 is 0 Å². The first-order valence-corrected chi connectivity index (χ1v) is 7.62. The van der Waals surface area contributed by atoms with E-state index < -0.39 is 0 Å². The third-order valence-corrected chi connectivity index (χ3v) is 3.76. The minimum atomic E-state index is -0.0194. The molecule has 5 nitrogen and oxygen atoms in total. The summed E-state index contributed by atoms with van der Waals surface area (Å²) in [6, 6.07) is 6.20. The Morgan fingerprint density at radius 3 is 2.55 bits per heavy atom. The van der Waals surface area contributed by atoms with Crippen LogP contribution in [0.25, 0.3) is 16.7 Å². The van der Waals surface area contributed by atoms with Crippen LogP contribution < -0.4 is 5.56 Å². The zero-order valence-electron chi connectivity index (χ0n) is 13.2. The van der Waals surface area contributed by atoms with Gasteiger partial charge in [0.1, 0.15) is 5.39 Å². The average Bonchev–Trinajstić information content (AvgIpc) is 2.90. The van der Waals surface area contributed by atoms with Gasteiger partial charge in [0.25, 0.3) is 5.56 Å². The molecule has 0 atom stereocenters. The molecule has 0 bridgehead atoms. The molecule has 0 saturated carbocycles. The van der Waals surface area contributed by atoms with E-state index in [4.69, 9.17) is 0 Å². The molecule has 0 fully saturated rings. The molecule has 3 aromatic rings. The van der Waals surface area contributed by atoms with Crippen LogP contribution in [0, 0.1) is 13.8 Å². The molecule has 5 heteroatoms. The molecule has 114 valence electrons. The summed E-state index contributed by atoms with van der Waals surface area (Å²) in [5.41, 5.74) is 3.85. The number of aryl methyl sites for hydroxylation is 3. The first-order valence-electron chi connectivity index (χ1n) is 7.62. The van der Waals surface area contributed by atoms with Gasteiger partial charge in [-0.2, -0.15) is 5.10 Å². The largest absolute Gasteiger partial charge is 0.299 e. The van der Waals surface area contributed by atoms with Crippen LogP contribution in [0.15, 0.2) is 35.5 Å². The Hall–Kier alpha value is -2.43. The Morgan fingerprint density at radius 1 is 1.14 bits per heavy atom. The zero-order chi connectivity index (χ0) is 15.7. The summed E-state index contributed by atoms with van der Waals surface area (Å²) in [5, 5.41) is 4.94. The number of benzene rings is 1. The third kappa shape index (κ3) is 2.54. The van der Waals surface area contributed by atoms with Gasteiger partial charge in [0.15, 0.2) is 5.65 Å². The summed E-state index contributed by atoms with van der Waals surface area (Å²) in [6.07, 6.45) is 5.26. The van der Waals surface area contributed by atoms with Gasteiger partial charge in [-0.05, 0) is 43.5 Å². The fourth-order valence-corrected chi connectivity index (χ4v) is 2.70. The second-order valence-corrected chi connectivity index (χ2v) is 5.74. The highest BCUT2D eigenvalue weighted by Gasteiger charge is 2.11. The number of hydrogen-bond donors (Lipinski definition) is 0. The zero-order valence-corrected chi connectivity index (χ0v) is 13.2. The Labute approximate surface area is 129 Å². The molecule has 2 heterocycles. The molecule has 0 aliphatic rings. The lowest BCUT2D eigenvalue weighted by molar-refractivity contribution is 0.608. The molecule has 0 amide bonds. The van der Waals surface area contributed by atoms with Crippen molar-refractivity contribution < 1.29 is 0 Å². The van der Waals surface area contributed by atoms with Gasteiger partial charge in [-0.15, -0.1) is 0 Å². The Balaban J connectivity index is 2.13. The van der Waals surface area contributed by atoms with Crippen LogP contribution in [-0.2, 0) is 6.54 Å². The average molecular weight is 296 g/mol. The van der Waals surface area contributed by atoms with Crippen molar-refractivity contribution >= 4 is 11.0 Å². The third-order valence-electron chi connectivity index (χ3n) is 3.76. The van der Waals surface area contributed by atoms with Crippen LogP contribution in [-0.4, -0.2) is 19.3 Å². The van der Waals surface area contributed by atoms with E-state index in [9.17, 15) is 4.79 Å². The highest BCUT2D eigenvalue weighted by Crippen LogP contribution is 2.17. The Kier molecular flexibility index (Phi) is 3.79. The summed E-state index contributed by atoms with van der Waals surface area (Å²) in [6.45, 7) is 6.91. The van der Waals surface area contributed by atoms with Crippen LogP contribution in [0.4, 0.5) is 0 Å². The van der Waals surface area contributed by atoms with Crippen molar-refractivity contribution in [3.05, 3.63) is 52.2 Å². The summed E-state index contributed by atoms with van der Waals surface area (Å²) >= 11 is 0. The number of nitrogens with zero attached hydrogens (tertiary/aromatic N) is 4. The maximum absolute atomic E-state index is 12.5. The second-order valence-electron chi connectivity index (χ2n) is 5.74. The van der Waals surface area contributed by atoms with Gasteiger partial charge in [-0.3, -0.25) is 9.36 Å². The van der Waals surface area contributed by atoms with Crippen molar-refractivity contribution in [2.24, 2.45) is 0 Å². The fourth-order valence-electron chi connectivity index (χ4n) is 2.70. The van der Waals surface area contributed by atoms with Crippen molar-refractivity contribution in [3.63, 3.8) is 0 Å². The molecule has 0 radical (unpaired) electrons. The first-order chi connectivity index (χ1) is 10.6. The molecule has 0 aliphatic heterocycles. The van der Waals surface area contributed by atoms with E-state index in [2.05, 4.69) is 23.1 Å². The monoisotopic (exact) mass is 296 g/mol. The van der Waals surface area contributed by atoms with Gasteiger partial charge in [0.2, 0.25) is 0 Å². The number of aromatic nitrogens is 4. The van der Waals surface area contributed by atoms with Crippen LogP contribution in [0.3, 0.4) is 0 Å². The Morgan fingerprint density at radius 2 is 1.86 bits per heavy atom. The van der Waals surface area contributed by atoms with Crippen molar-refractivity contribution in [1.82, 2.24) is 19.3 Å². The molecule has 2 aromatic heterocycles. The number of rotatable bonds is 4. The summed E-state index contributed by atoms with van der Waals surface area (Å²) in [4.78, 5) is 16.9. The molecular formula is C17H20N4O. The standard InChI is InChI=1S/C17H20N4O/c1-4-5-6-20-11-18-16-15(17(20)22)10-19-21(16)14-8-12(2)7-13(3)9-14/h7-11H,4-6H2,1-3H3. The molecule has 1 aromatic carbocycles. The number of fused-ring (bicyclic) bond motifs is 1. The van der Waals surface area contributed by atoms with E-state index in [0.717, 1.165) is 29.7 Å². The maximum atomic E-state index is 12.5. The summed E-state index contributed by atoms with van der Waals surface area (Å²) in [5.74, 6) is 0. The first kappa shape index (κ1) is 14.5. The van der Waals surface area contributed by atoms with Gasteiger partial charge in [0.05, 0.1) is 18.2 Å². The lowest BCUT2D eigenvalue weighted by Gasteiger charge is -2.07. The van der Waals surface area contributed by atoms with Crippen molar-refractivity contribution in [1.29, 1.82) is 0 Å². The topological polar surface area (TPSA) is 52.7 Å². The van der Waals surface area contributed by atoms with E-state index in [1.807, 2.05) is 26.0 Å². The van der Waals surface area contributed by atoms with Crippen molar-refractivity contribution in [2.75, 3.05) is 0 Å². The predicted octanol–water partition coefficient (Wildman–Crippen LogP) is 3.00. The van der Waals surface area contributed by atoms with Gasteiger partial charge in [-0.25, -0.2) is 9.67 Å². The summed E-state index contributed by atoms with van der Waals surface area (Å²) < 4.78 is 3.40. The number of unbranched alkanes of at least 4 members (excludes halogenated alkanes) is 1. The lowest BCUT2D eigenvalue weighted by Crippen LogP contribution is -2.20. The second kappa shape index (κ2) is 5.75. The van der Waals surface area contributed by atoms with Crippen LogP contribution in [0.2, 0.25) is 0 Å². The normalized spacial score (nSPS) is 11.2. The van der Waals surface area contributed by atoms with Crippen LogP contribution in [0.5, 0.6) is 0 Å². The van der Waals surface area contributed by atoms with Gasteiger partial charge >= 0.3 is 0 Å². The predicted molar refractivity (Wildman–Crippen MR) is 87.5 cm³/mol. The Bertz CT molecular complexity index is 856. The molecular weight excluding hydrogens is 276 g/mol. The minimum Gasteiger partial charge on any atom is -0.299 e. The molecule has 22 heavy (non-hydrogen) atoms. The minimum absolute atomic E-state index is 0.0194. The maximum Gasteiger partial charge on any atom is 0.264 e.